The van der Waals surface area contributed by atoms with Crippen LogP contribution < -0.4 is 0 Å². The van der Waals surface area contributed by atoms with Gasteiger partial charge in [0.1, 0.15) is 5.65 Å². The molecule has 0 saturated carbocycles. The van der Waals surface area contributed by atoms with Crippen LogP contribution in [0.4, 0.5) is 0 Å². The van der Waals surface area contributed by atoms with Gasteiger partial charge in [-0.1, -0.05) is 103 Å². The number of aromatic nitrogens is 3. The average molecular weight is 590 g/mol. The third kappa shape index (κ3) is 3.02. The number of hydrogen-bond acceptors (Lipinski definition) is 2. The van der Waals surface area contributed by atoms with Gasteiger partial charge in [0.25, 0.3) is 0 Å². The topological polar surface area (TPSA) is 22.2 Å². The van der Waals surface area contributed by atoms with Crippen LogP contribution in [0.15, 0.2) is 140 Å². The van der Waals surface area contributed by atoms with Crippen molar-refractivity contribution in [1.82, 2.24) is 14.0 Å². The molecule has 3 nitrogen and oxygen atoms in total. The molecule has 0 saturated heterocycles. The molecule has 208 valence electrons. The second kappa shape index (κ2) is 8.47. The van der Waals surface area contributed by atoms with Crippen molar-refractivity contribution in [3.05, 3.63) is 140 Å². The first-order valence-electron chi connectivity index (χ1n) is 15.3. The van der Waals surface area contributed by atoms with Gasteiger partial charge >= 0.3 is 0 Å². The standard InChI is InChI=1S/C41H23N3S/c1-2-10-25(11-3-1)38-39-28-20-18-26(23-32(28)34-15-8-16-36(42-38)44(34)39)43-33-14-7-6-13-31(33)37-35(43)22-21-30-29-19-17-24-9-4-5-12-27(24)40(29)45-41(30)37/h1-23H. The summed E-state index contributed by atoms with van der Waals surface area (Å²) < 4.78 is 7.50. The van der Waals surface area contributed by atoms with E-state index in [1.165, 1.54) is 80.2 Å². The molecule has 0 fully saturated rings. The Hall–Kier alpha value is -5.71. The van der Waals surface area contributed by atoms with E-state index >= 15 is 0 Å². The molecule has 0 aliphatic carbocycles. The van der Waals surface area contributed by atoms with E-state index in [1.807, 2.05) is 11.3 Å². The quantitative estimate of drug-likeness (QED) is 0.197. The minimum Gasteiger partial charge on any atom is -0.309 e. The van der Waals surface area contributed by atoms with Gasteiger partial charge in [-0.25, -0.2) is 4.98 Å². The minimum atomic E-state index is 0.982. The van der Waals surface area contributed by atoms with E-state index in [1.54, 1.807) is 0 Å². The van der Waals surface area contributed by atoms with Crippen LogP contribution in [0.3, 0.4) is 0 Å². The summed E-state index contributed by atoms with van der Waals surface area (Å²) >= 11 is 1.93. The van der Waals surface area contributed by atoms with E-state index in [9.17, 15) is 0 Å². The molecule has 0 amide bonds. The smallest absolute Gasteiger partial charge is 0.138 e. The lowest BCUT2D eigenvalue weighted by molar-refractivity contribution is 1.19. The van der Waals surface area contributed by atoms with E-state index in [-0.39, 0.29) is 0 Å². The first-order valence-corrected chi connectivity index (χ1v) is 16.1. The van der Waals surface area contributed by atoms with Gasteiger partial charge in [0.15, 0.2) is 0 Å². The normalized spacial score (nSPS) is 12.4. The first kappa shape index (κ1) is 23.7. The van der Waals surface area contributed by atoms with Crippen molar-refractivity contribution < 1.29 is 0 Å². The number of hydrogen-bond donors (Lipinski definition) is 0. The number of pyridine rings is 1. The highest BCUT2D eigenvalue weighted by Crippen LogP contribution is 2.46. The van der Waals surface area contributed by atoms with Gasteiger partial charge in [0.2, 0.25) is 0 Å². The van der Waals surface area contributed by atoms with Crippen molar-refractivity contribution in [3.8, 4) is 16.9 Å². The SMILES string of the molecule is c1ccc(-c2nc3cccc4c5cc(-n6c7ccccc7c7c8sc9c%10ccccc%10ccc9c8ccc76)ccc5c2n34)cc1. The van der Waals surface area contributed by atoms with E-state index in [0.29, 0.717) is 0 Å². The van der Waals surface area contributed by atoms with Gasteiger partial charge in [0.05, 0.1) is 27.8 Å². The number of fused-ring (bicyclic) bond motifs is 12. The lowest BCUT2D eigenvalue weighted by Gasteiger charge is -2.09. The predicted octanol–water partition coefficient (Wildman–Crippen LogP) is 11.4. The van der Waals surface area contributed by atoms with Crippen LogP contribution in [-0.4, -0.2) is 14.0 Å². The molecule has 0 aliphatic heterocycles. The third-order valence-electron chi connectivity index (χ3n) is 9.65. The summed E-state index contributed by atoms with van der Waals surface area (Å²) in [4.78, 5) is 5.07. The molecule has 5 aromatic heterocycles. The fraction of sp³-hybridized carbons (Fsp3) is 0. The van der Waals surface area contributed by atoms with E-state index in [2.05, 4.69) is 148 Å². The molecule has 0 aliphatic rings. The Kier molecular flexibility index (Phi) is 4.46. The molecule has 0 N–H and O–H groups in total. The van der Waals surface area contributed by atoms with E-state index < -0.39 is 0 Å². The summed E-state index contributed by atoms with van der Waals surface area (Å²) in [6, 6.07) is 50.8. The Labute approximate surface area is 261 Å². The number of thiophene rings is 1. The summed E-state index contributed by atoms with van der Waals surface area (Å²) in [5, 5.41) is 10.4. The number of benzene rings is 6. The van der Waals surface area contributed by atoms with Crippen molar-refractivity contribution in [3.63, 3.8) is 0 Å². The van der Waals surface area contributed by atoms with Gasteiger partial charge < -0.3 is 4.57 Å². The zero-order valence-corrected chi connectivity index (χ0v) is 24.8. The minimum absolute atomic E-state index is 0.982. The van der Waals surface area contributed by atoms with Crippen LogP contribution in [0.2, 0.25) is 0 Å². The summed E-state index contributed by atoms with van der Waals surface area (Å²) in [7, 11) is 0. The molecule has 11 rings (SSSR count). The maximum Gasteiger partial charge on any atom is 0.138 e. The lowest BCUT2D eigenvalue weighted by Crippen LogP contribution is -1.93. The zero-order chi connectivity index (χ0) is 29.2. The van der Waals surface area contributed by atoms with Gasteiger partial charge in [-0.3, -0.25) is 4.40 Å². The Bertz CT molecular complexity index is 2980. The van der Waals surface area contributed by atoms with Crippen LogP contribution in [0.25, 0.3) is 97.1 Å². The Balaban J connectivity index is 1.23. The molecule has 4 heteroatoms. The zero-order valence-electron chi connectivity index (χ0n) is 24.0. The maximum absolute atomic E-state index is 5.07. The molecule has 45 heavy (non-hydrogen) atoms. The number of para-hydroxylation sites is 1. The van der Waals surface area contributed by atoms with Crippen molar-refractivity contribution in [1.29, 1.82) is 0 Å². The molecule has 0 radical (unpaired) electrons. The Morgan fingerprint density at radius 3 is 2.18 bits per heavy atom. The monoisotopic (exact) mass is 589 g/mol. The molecular formula is C41H23N3S. The highest BCUT2D eigenvalue weighted by Gasteiger charge is 2.21. The second-order valence-electron chi connectivity index (χ2n) is 12.0. The predicted molar refractivity (Wildman–Crippen MR) is 192 cm³/mol. The summed E-state index contributed by atoms with van der Waals surface area (Å²) in [6.45, 7) is 0. The first-order chi connectivity index (χ1) is 22.3. The van der Waals surface area contributed by atoms with Crippen molar-refractivity contribution in [2.24, 2.45) is 0 Å². The molecule has 5 heterocycles. The highest BCUT2D eigenvalue weighted by molar-refractivity contribution is 7.27. The van der Waals surface area contributed by atoms with Crippen LogP contribution in [0.1, 0.15) is 0 Å². The molecule has 0 unspecified atom stereocenters. The molecule has 0 atom stereocenters. The number of rotatable bonds is 2. The fourth-order valence-corrected chi connectivity index (χ4v) is 9.12. The van der Waals surface area contributed by atoms with Crippen LogP contribution >= 0.6 is 11.3 Å². The molecule has 0 spiro atoms. The molecule has 6 aromatic carbocycles. The van der Waals surface area contributed by atoms with Gasteiger partial charge in [-0.15, -0.1) is 11.3 Å². The molecule has 11 aromatic rings. The largest absolute Gasteiger partial charge is 0.309 e. The van der Waals surface area contributed by atoms with Crippen LogP contribution in [0.5, 0.6) is 0 Å². The number of imidazole rings is 1. The van der Waals surface area contributed by atoms with Gasteiger partial charge in [0, 0.05) is 53.0 Å². The molecular weight excluding hydrogens is 567 g/mol. The maximum atomic E-state index is 5.07. The summed E-state index contributed by atoms with van der Waals surface area (Å²) in [5.41, 5.74) is 9.15. The lowest BCUT2D eigenvalue weighted by atomic mass is 10.0. The van der Waals surface area contributed by atoms with Crippen LogP contribution in [0, 0.1) is 0 Å². The van der Waals surface area contributed by atoms with E-state index in [4.69, 9.17) is 4.98 Å². The summed E-state index contributed by atoms with van der Waals surface area (Å²) in [5.74, 6) is 0. The van der Waals surface area contributed by atoms with Crippen molar-refractivity contribution in [2.75, 3.05) is 0 Å². The second-order valence-corrected chi connectivity index (χ2v) is 13.0. The third-order valence-corrected chi connectivity index (χ3v) is 10.9. The number of nitrogens with zero attached hydrogens (tertiary/aromatic N) is 3. The highest BCUT2D eigenvalue weighted by atomic mass is 32.1. The fourth-order valence-electron chi connectivity index (χ4n) is 7.73. The Morgan fingerprint density at radius 2 is 1.24 bits per heavy atom. The Morgan fingerprint density at radius 1 is 0.489 bits per heavy atom. The van der Waals surface area contributed by atoms with E-state index in [0.717, 1.165) is 16.9 Å². The van der Waals surface area contributed by atoms with Crippen molar-refractivity contribution in [2.45, 2.75) is 0 Å². The van der Waals surface area contributed by atoms with Gasteiger partial charge in [-0.2, -0.15) is 0 Å². The van der Waals surface area contributed by atoms with Crippen LogP contribution in [-0.2, 0) is 0 Å². The van der Waals surface area contributed by atoms with Crippen molar-refractivity contribution >= 4 is 91.5 Å². The molecule has 0 bridgehead atoms. The summed E-state index contributed by atoms with van der Waals surface area (Å²) in [6.07, 6.45) is 0. The average Bonchev–Trinajstić information content (AvgIpc) is 3.85. The van der Waals surface area contributed by atoms with Gasteiger partial charge in [-0.05, 0) is 47.2 Å².